The van der Waals surface area contributed by atoms with E-state index in [0.29, 0.717) is 5.56 Å². The average molecular weight is 474 g/mol. The first-order chi connectivity index (χ1) is 17.1. The number of nitrogens with one attached hydrogen (secondary N) is 1. The highest BCUT2D eigenvalue weighted by atomic mass is 16.5. The normalized spacial score (nSPS) is 13.7. The molecule has 1 fully saturated rings. The Morgan fingerprint density at radius 3 is 2.37 bits per heavy atom. The third-order valence-corrected chi connectivity index (χ3v) is 6.12. The molecule has 0 spiro atoms. The summed E-state index contributed by atoms with van der Waals surface area (Å²) in [7, 11) is 3.12. The van der Waals surface area contributed by atoms with E-state index in [-0.39, 0.29) is 5.97 Å². The van der Waals surface area contributed by atoms with Crippen molar-refractivity contribution in [1.82, 2.24) is 19.9 Å². The molecule has 8 nitrogen and oxygen atoms in total. The lowest BCUT2D eigenvalue weighted by Crippen LogP contribution is -2.46. The summed E-state index contributed by atoms with van der Waals surface area (Å²) in [6.07, 6.45) is 5.61. The second kappa shape index (κ2) is 11.5. The van der Waals surface area contributed by atoms with E-state index in [0.717, 1.165) is 44.4 Å². The highest BCUT2D eigenvalue weighted by Crippen LogP contribution is 2.31. The van der Waals surface area contributed by atoms with Crippen LogP contribution < -0.4 is 9.64 Å². The molecule has 182 valence electrons. The van der Waals surface area contributed by atoms with Crippen molar-refractivity contribution in [2.75, 3.05) is 45.3 Å². The number of ether oxygens (including phenoxy) is 2. The Kier molecular flexibility index (Phi) is 7.95. The summed E-state index contributed by atoms with van der Waals surface area (Å²) < 4.78 is 10.2. The van der Waals surface area contributed by atoms with Crippen LogP contribution in [-0.2, 0) is 11.3 Å². The molecule has 0 amide bonds. The molecule has 1 saturated heterocycles. The smallest absolute Gasteiger partial charge is 0.337 e. The Morgan fingerprint density at radius 2 is 1.71 bits per heavy atom. The number of piperazine rings is 1. The summed E-state index contributed by atoms with van der Waals surface area (Å²) in [6, 6.07) is 15.0. The molecule has 3 heterocycles. The zero-order valence-corrected chi connectivity index (χ0v) is 20.4. The highest BCUT2D eigenvalue weighted by molar-refractivity contribution is 5.89. The van der Waals surface area contributed by atoms with Gasteiger partial charge in [-0.2, -0.15) is 0 Å². The minimum absolute atomic E-state index is 0.291. The van der Waals surface area contributed by atoms with Gasteiger partial charge in [0.05, 0.1) is 19.8 Å². The van der Waals surface area contributed by atoms with Crippen LogP contribution in [0.3, 0.4) is 0 Å². The molecule has 0 aliphatic carbocycles. The van der Waals surface area contributed by atoms with E-state index >= 15 is 0 Å². The van der Waals surface area contributed by atoms with Gasteiger partial charge in [0.2, 0.25) is 5.95 Å². The van der Waals surface area contributed by atoms with E-state index in [4.69, 9.17) is 4.74 Å². The van der Waals surface area contributed by atoms with E-state index in [1.165, 1.54) is 29.1 Å². The number of benzene rings is 2. The van der Waals surface area contributed by atoms with Crippen LogP contribution in [0.25, 0.3) is 10.9 Å². The molecule has 0 saturated carbocycles. The van der Waals surface area contributed by atoms with Gasteiger partial charge in [-0.3, -0.25) is 4.90 Å². The third-order valence-electron chi connectivity index (χ3n) is 6.12. The number of nitrogens with zero attached hydrogens (tertiary/aromatic N) is 4. The molecule has 0 bridgehead atoms. The second-order valence-corrected chi connectivity index (χ2v) is 8.31. The number of aryl methyl sites for hydroxylation is 1. The summed E-state index contributed by atoms with van der Waals surface area (Å²) >= 11 is 0. The fourth-order valence-corrected chi connectivity index (χ4v) is 4.26. The molecule has 35 heavy (non-hydrogen) atoms. The van der Waals surface area contributed by atoms with Crippen LogP contribution in [0.5, 0.6) is 5.75 Å². The maximum Gasteiger partial charge on any atom is 0.337 e. The van der Waals surface area contributed by atoms with Crippen LogP contribution in [0.2, 0.25) is 0 Å². The predicted octanol–water partition coefficient (Wildman–Crippen LogP) is 4.07. The number of carbonyl (C=O) groups excluding carboxylic acids is 1. The van der Waals surface area contributed by atoms with Crippen LogP contribution >= 0.6 is 0 Å². The number of carbonyl (C=O) groups is 1. The van der Waals surface area contributed by atoms with Gasteiger partial charge in [-0.05, 0) is 42.8 Å². The Hall–Kier alpha value is -3.91. The SMILES string of the molecule is COC(=O)c1ccccc1.COc1cc(C)c2[nH]ccc2c1CN1CCN(c2ncccn2)CC1. The van der Waals surface area contributed by atoms with Gasteiger partial charge >= 0.3 is 5.97 Å². The zero-order chi connectivity index (χ0) is 24.6. The van der Waals surface area contributed by atoms with Gasteiger partial charge in [0.1, 0.15) is 5.75 Å². The van der Waals surface area contributed by atoms with Crippen molar-refractivity contribution in [3.8, 4) is 5.75 Å². The van der Waals surface area contributed by atoms with Gasteiger partial charge in [0.15, 0.2) is 0 Å². The second-order valence-electron chi connectivity index (χ2n) is 8.31. The summed E-state index contributed by atoms with van der Waals surface area (Å²) in [5.41, 5.74) is 4.26. The highest BCUT2D eigenvalue weighted by Gasteiger charge is 2.21. The number of aromatic amines is 1. The Morgan fingerprint density at radius 1 is 1.00 bits per heavy atom. The predicted molar refractivity (Wildman–Crippen MR) is 137 cm³/mol. The van der Waals surface area contributed by atoms with E-state index < -0.39 is 0 Å². The Bertz CT molecular complexity index is 1240. The maximum atomic E-state index is 10.8. The number of H-pyrrole nitrogens is 1. The molecule has 2 aromatic heterocycles. The number of anilines is 1. The molecule has 1 aliphatic rings. The Labute approximate surface area is 205 Å². The first-order valence-electron chi connectivity index (χ1n) is 11.6. The Balaban J connectivity index is 0.000000243. The topological polar surface area (TPSA) is 83.6 Å². The quantitative estimate of drug-likeness (QED) is 0.438. The summed E-state index contributed by atoms with van der Waals surface area (Å²) in [5.74, 6) is 1.50. The fourth-order valence-electron chi connectivity index (χ4n) is 4.26. The minimum atomic E-state index is -0.291. The van der Waals surface area contributed by atoms with Crippen LogP contribution in [-0.4, -0.2) is 66.2 Å². The first kappa shape index (κ1) is 24.2. The number of aromatic nitrogens is 3. The molecule has 2 aromatic carbocycles. The lowest BCUT2D eigenvalue weighted by Gasteiger charge is -2.35. The molecule has 1 aliphatic heterocycles. The number of hydrogen-bond acceptors (Lipinski definition) is 7. The molecule has 8 heteroatoms. The monoisotopic (exact) mass is 473 g/mol. The largest absolute Gasteiger partial charge is 0.496 e. The molecule has 1 N–H and O–H groups in total. The minimum Gasteiger partial charge on any atom is -0.496 e. The molecule has 0 unspecified atom stereocenters. The van der Waals surface area contributed by atoms with Gasteiger partial charge in [-0.1, -0.05) is 18.2 Å². The molecule has 5 rings (SSSR count). The zero-order valence-electron chi connectivity index (χ0n) is 20.4. The number of rotatable bonds is 5. The van der Waals surface area contributed by atoms with Gasteiger partial charge in [0.25, 0.3) is 0 Å². The van der Waals surface area contributed by atoms with Crippen LogP contribution in [0.1, 0.15) is 21.5 Å². The first-order valence-corrected chi connectivity index (χ1v) is 11.6. The lowest BCUT2D eigenvalue weighted by atomic mass is 10.0. The summed E-state index contributed by atoms with van der Waals surface area (Å²) in [4.78, 5) is 27.6. The van der Waals surface area contributed by atoms with Crippen LogP contribution in [0, 0.1) is 6.92 Å². The molecule has 4 aromatic rings. The van der Waals surface area contributed by atoms with Crippen molar-refractivity contribution < 1.29 is 14.3 Å². The number of methoxy groups -OCH3 is 2. The number of esters is 1. The van der Waals surface area contributed by atoms with E-state index in [9.17, 15) is 4.79 Å². The van der Waals surface area contributed by atoms with E-state index in [1.54, 1.807) is 43.8 Å². The maximum absolute atomic E-state index is 10.8. The standard InChI is InChI=1S/C19H23N5O.C8H8O2/c1-14-12-17(25-2)16(15-4-7-20-18(14)15)13-23-8-10-24(11-9-23)19-21-5-3-6-22-19;1-10-8(9)7-5-3-2-4-6-7/h3-7,12,20H,8-11,13H2,1-2H3;2-6H,1H3. The fraction of sp³-hybridized carbons (Fsp3) is 0.296. The van der Waals surface area contributed by atoms with Gasteiger partial charge in [-0.25, -0.2) is 14.8 Å². The molecular weight excluding hydrogens is 442 g/mol. The average Bonchev–Trinajstić information content (AvgIpc) is 3.42. The van der Waals surface area contributed by atoms with Gasteiger partial charge in [0, 0.05) is 67.8 Å². The summed E-state index contributed by atoms with van der Waals surface area (Å²) in [5, 5.41) is 1.26. The lowest BCUT2D eigenvalue weighted by molar-refractivity contribution is 0.0600. The van der Waals surface area contributed by atoms with E-state index in [1.807, 2.05) is 18.3 Å². The molecular formula is C27H31N5O3. The van der Waals surface area contributed by atoms with Gasteiger partial charge < -0.3 is 19.4 Å². The number of hydrogen-bond donors (Lipinski definition) is 1. The van der Waals surface area contributed by atoms with Crippen LogP contribution in [0.15, 0.2) is 67.1 Å². The van der Waals surface area contributed by atoms with Crippen molar-refractivity contribution in [2.24, 2.45) is 0 Å². The van der Waals surface area contributed by atoms with Crippen LogP contribution in [0.4, 0.5) is 5.95 Å². The van der Waals surface area contributed by atoms with Crippen molar-refractivity contribution >= 4 is 22.8 Å². The summed E-state index contributed by atoms with van der Waals surface area (Å²) in [6.45, 7) is 6.86. The van der Waals surface area contributed by atoms with Crippen molar-refractivity contribution in [3.05, 3.63) is 83.8 Å². The van der Waals surface area contributed by atoms with Gasteiger partial charge in [-0.15, -0.1) is 0 Å². The molecule has 0 radical (unpaired) electrons. The van der Waals surface area contributed by atoms with Crippen molar-refractivity contribution in [3.63, 3.8) is 0 Å². The molecule has 0 atom stereocenters. The van der Waals surface area contributed by atoms with E-state index in [2.05, 4.69) is 48.5 Å². The van der Waals surface area contributed by atoms with Crippen molar-refractivity contribution in [1.29, 1.82) is 0 Å². The number of fused-ring (bicyclic) bond motifs is 1. The third kappa shape index (κ3) is 5.78. The van der Waals surface area contributed by atoms with Crippen molar-refractivity contribution in [2.45, 2.75) is 13.5 Å².